The van der Waals surface area contributed by atoms with E-state index in [1.165, 1.54) is 11.8 Å². The SMILES string of the molecule is [2H]c1c([2H])c([2H])c2c(c1[2H])Sc1c([2H])c([2H])c([2H])c([2H])c1N2CC(C)N(C([2H])([2H])[2H])C([2H])([2H])[2H]. The zero-order valence-corrected chi connectivity index (χ0v) is 11.4. The predicted molar refractivity (Wildman–Crippen MR) is 87.2 cm³/mol. The van der Waals surface area contributed by atoms with E-state index >= 15 is 0 Å². The smallest absolute Gasteiger partial charge is 0.0645 e. The molecule has 1 atom stereocenters. The van der Waals surface area contributed by atoms with Crippen molar-refractivity contribution in [2.24, 2.45) is 0 Å². The highest BCUT2D eigenvalue weighted by molar-refractivity contribution is 7.99. The number of nitrogens with zero attached hydrogens (tertiary/aromatic N) is 2. The summed E-state index contributed by atoms with van der Waals surface area (Å²) in [6, 6.07) is -5.36. The number of anilines is 2. The van der Waals surface area contributed by atoms with Gasteiger partial charge in [-0.2, -0.15) is 0 Å². The molecule has 2 nitrogen and oxygen atoms in total. The zero-order chi connectivity index (χ0) is 26.1. The molecule has 2 aromatic carbocycles. The Morgan fingerprint density at radius 3 is 2.20 bits per heavy atom. The molecule has 1 aliphatic heterocycles. The van der Waals surface area contributed by atoms with Crippen LogP contribution in [0.25, 0.3) is 0 Å². The summed E-state index contributed by atoms with van der Waals surface area (Å²) in [6.07, 6.45) is 0. The maximum Gasteiger partial charge on any atom is 0.0645 e. The van der Waals surface area contributed by atoms with Crippen LogP contribution in [0.3, 0.4) is 0 Å². The first-order valence-corrected chi connectivity index (χ1v) is 6.68. The van der Waals surface area contributed by atoms with Gasteiger partial charge in [0, 0.05) is 30.6 Å². The third-order valence-corrected chi connectivity index (χ3v) is 3.90. The van der Waals surface area contributed by atoms with Crippen molar-refractivity contribution in [1.82, 2.24) is 4.90 Å². The molecule has 0 amide bonds. The minimum atomic E-state index is -3.03. The Bertz CT molecular complexity index is 1080. The average molecular weight is 299 g/mol. The molecule has 3 heteroatoms. The molecule has 0 radical (unpaired) electrons. The highest BCUT2D eigenvalue weighted by atomic mass is 32.2. The first kappa shape index (κ1) is 4.79. The number of hydrogen-bond donors (Lipinski definition) is 0. The average Bonchev–Trinajstić information content (AvgIpc) is 2.70. The lowest BCUT2D eigenvalue weighted by Crippen LogP contribution is -2.37. The molecule has 104 valence electrons. The molecule has 0 N–H and O–H groups in total. The molecule has 0 aromatic heterocycles. The largest absolute Gasteiger partial charge is 0.338 e. The lowest BCUT2D eigenvalue weighted by atomic mass is 10.2. The second-order valence-electron chi connectivity index (χ2n) is 4.29. The summed E-state index contributed by atoms with van der Waals surface area (Å²) in [6.45, 7) is -5.20. The van der Waals surface area contributed by atoms with Crippen LogP contribution in [0, 0.1) is 0 Å². The highest BCUT2D eigenvalue weighted by Crippen LogP contribution is 2.47. The maximum absolute atomic E-state index is 8.43. The summed E-state index contributed by atoms with van der Waals surface area (Å²) in [5.41, 5.74) is -0.229. The molecule has 20 heavy (non-hydrogen) atoms. The molecule has 0 saturated carbocycles. The van der Waals surface area contributed by atoms with Crippen LogP contribution in [0.5, 0.6) is 0 Å². The number of rotatable bonds is 3. The van der Waals surface area contributed by atoms with Crippen molar-refractivity contribution in [3.8, 4) is 0 Å². The Balaban J connectivity index is 2.33. The Morgan fingerprint density at radius 2 is 1.65 bits per heavy atom. The van der Waals surface area contributed by atoms with Crippen LogP contribution in [0.15, 0.2) is 58.1 Å². The number of fused-ring (bicyclic) bond motifs is 2. The van der Waals surface area contributed by atoms with Crippen molar-refractivity contribution >= 4 is 23.1 Å². The molecule has 3 rings (SSSR count). The minimum Gasteiger partial charge on any atom is -0.338 e. The number of hydrogen-bond acceptors (Lipinski definition) is 3. The van der Waals surface area contributed by atoms with Gasteiger partial charge in [0.15, 0.2) is 0 Å². The van der Waals surface area contributed by atoms with E-state index < -0.39 is 74.9 Å². The van der Waals surface area contributed by atoms with Gasteiger partial charge in [-0.25, -0.2) is 0 Å². The molecule has 1 unspecified atom stereocenters. The minimum absolute atomic E-state index is 0.00921. The summed E-state index contributed by atoms with van der Waals surface area (Å²) < 4.78 is 112. The van der Waals surface area contributed by atoms with Gasteiger partial charge in [0.1, 0.15) is 0 Å². The quantitative estimate of drug-likeness (QED) is 0.837. The highest BCUT2D eigenvalue weighted by Gasteiger charge is 2.24. The van der Waals surface area contributed by atoms with Crippen molar-refractivity contribution in [3.05, 3.63) is 48.3 Å². The van der Waals surface area contributed by atoms with E-state index in [0.29, 0.717) is 4.90 Å². The molecule has 0 fully saturated rings. The fourth-order valence-electron chi connectivity index (χ4n) is 1.86. The van der Waals surface area contributed by atoms with E-state index in [1.807, 2.05) is 0 Å². The molecule has 0 aliphatic carbocycles. The molecule has 0 saturated heterocycles. The van der Waals surface area contributed by atoms with Crippen molar-refractivity contribution in [2.75, 3.05) is 25.4 Å². The van der Waals surface area contributed by atoms with Crippen LogP contribution in [-0.4, -0.2) is 31.4 Å². The lowest BCUT2D eigenvalue weighted by Gasteiger charge is -2.36. The van der Waals surface area contributed by atoms with E-state index in [1.54, 1.807) is 0 Å². The summed E-state index contributed by atoms with van der Waals surface area (Å²) in [4.78, 5) is 1.47. The third kappa shape index (κ3) is 2.43. The fraction of sp³-hybridized carbons (Fsp3) is 0.294. The molecule has 0 bridgehead atoms. The topological polar surface area (TPSA) is 6.48 Å². The monoisotopic (exact) mass is 298 g/mol. The van der Waals surface area contributed by atoms with Crippen molar-refractivity contribution in [2.45, 2.75) is 22.8 Å². The molecule has 2 aromatic rings. The fourth-order valence-corrected chi connectivity index (χ4v) is 2.78. The van der Waals surface area contributed by atoms with Crippen molar-refractivity contribution in [3.63, 3.8) is 0 Å². The van der Waals surface area contributed by atoms with Crippen LogP contribution in [0.1, 0.15) is 26.1 Å². The Hall–Kier alpha value is -1.45. The number of likely N-dealkylation sites (N-methyl/N-ethyl adjacent to an activating group) is 1. The van der Waals surface area contributed by atoms with Crippen molar-refractivity contribution in [1.29, 1.82) is 0 Å². The second-order valence-corrected chi connectivity index (χ2v) is 5.31. The van der Waals surface area contributed by atoms with E-state index in [4.69, 9.17) is 19.2 Å². The Kier molecular flexibility index (Phi) is 1.32. The van der Waals surface area contributed by atoms with Gasteiger partial charge in [0.25, 0.3) is 0 Å². The lowest BCUT2D eigenvalue weighted by molar-refractivity contribution is 0.319. The normalized spacial score (nSPS) is 26.2. The predicted octanol–water partition coefficient (Wildman–Crippen LogP) is 4.24. The first-order valence-electron chi connectivity index (χ1n) is 12.9. The molecular weight excluding hydrogens is 264 g/mol. The molecule has 1 heterocycles. The van der Waals surface area contributed by atoms with Crippen LogP contribution < -0.4 is 4.90 Å². The van der Waals surface area contributed by atoms with Gasteiger partial charge < -0.3 is 9.80 Å². The van der Waals surface area contributed by atoms with Crippen LogP contribution in [0.2, 0.25) is 0 Å². The van der Waals surface area contributed by atoms with Crippen molar-refractivity contribution < 1.29 is 19.2 Å². The number of benzene rings is 2. The zero-order valence-electron chi connectivity index (χ0n) is 24.6. The maximum atomic E-state index is 8.43. The molecule has 1 aliphatic rings. The van der Waals surface area contributed by atoms with E-state index in [2.05, 4.69) is 0 Å². The van der Waals surface area contributed by atoms with Gasteiger partial charge in [-0.1, -0.05) is 35.9 Å². The van der Waals surface area contributed by atoms with Gasteiger partial charge in [0.05, 0.1) is 22.3 Å². The summed E-state index contributed by atoms with van der Waals surface area (Å²) in [5, 5.41) is 0. The standard InChI is InChI=1S/C17H20N2S/c1-13(18(2)3)12-19-14-8-4-6-10-16(14)20-17-11-7-5-9-15(17)19/h4-11,13H,12H2,1-3H3/i2D3,3D3,4D,5D,6D,7D,8D,9D,10D,11D. The first-order chi connectivity index (χ1) is 15.4. The van der Waals surface area contributed by atoms with Gasteiger partial charge >= 0.3 is 0 Å². The summed E-state index contributed by atoms with van der Waals surface area (Å²) in [5.74, 6) is 0. The van der Waals surface area contributed by atoms with E-state index in [9.17, 15) is 0 Å². The summed E-state index contributed by atoms with van der Waals surface area (Å²) >= 11 is 0.761. The van der Waals surface area contributed by atoms with Crippen LogP contribution in [-0.2, 0) is 0 Å². The van der Waals surface area contributed by atoms with Crippen LogP contribution in [0.4, 0.5) is 11.4 Å². The summed E-state index contributed by atoms with van der Waals surface area (Å²) in [7, 11) is 0. The van der Waals surface area contributed by atoms with Gasteiger partial charge in [-0.15, -0.1) is 0 Å². The number of para-hydroxylation sites is 2. The van der Waals surface area contributed by atoms with Gasteiger partial charge in [-0.05, 0) is 45.0 Å². The molecular formula is C17H20N2S. The van der Waals surface area contributed by atoms with Gasteiger partial charge in [-0.3, -0.25) is 0 Å². The Labute approximate surface area is 145 Å². The van der Waals surface area contributed by atoms with E-state index in [-0.39, 0.29) is 21.2 Å². The third-order valence-electron chi connectivity index (χ3n) is 2.90. The van der Waals surface area contributed by atoms with E-state index in [0.717, 1.165) is 11.8 Å². The Morgan fingerprint density at radius 1 is 1.10 bits per heavy atom. The molecule has 0 spiro atoms. The van der Waals surface area contributed by atoms with Gasteiger partial charge in [0.2, 0.25) is 0 Å². The van der Waals surface area contributed by atoms with Crippen LogP contribution >= 0.6 is 11.8 Å². The second kappa shape index (κ2) is 5.51.